The molecule has 0 amide bonds. The summed E-state index contributed by atoms with van der Waals surface area (Å²) >= 11 is 4.87. The molecule has 0 aliphatic heterocycles. The Morgan fingerprint density at radius 3 is 3.06 bits per heavy atom. The zero-order valence-corrected chi connectivity index (χ0v) is 10.0. The summed E-state index contributed by atoms with van der Waals surface area (Å²) in [6, 6.07) is 5.62. The van der Waals surface area contributed by atoms with Gasteiger partial charge in [-0.3, -0.25) is 9.67 Å². The molecule has 2 aromatic rings. The van der Waals surface area contributed by atoms with Crippen LogP contribution in [0, 0.1) is 0 Å². The molecule has 0 radical (unpaired) electrons. The van der Waals surface area contributed by atoms with E-state index in [1.54, 1.807) is 12.4 Å². The van der Waals surface area contributed by atoms with Crippen molar-refractivity contribution in [2.75, 3.05) is 11.9 Å². The number of nitrogens with one attached hydrogen (secondary N) is 1. The highest BCUT2D eigenvalue weighted by Gasteiger charge is 1.99. The first-order chi connectivity index (χ1) is 8.25. The van der Waals surface area contributed by atoms with Crippen molar-refractivity contribution < 1.29 is 0 Å². The molecule has 0 bridgehead atoms. The maximum atomic E-state index is 5.52. The second-order valence-corrected chi connectivity index (χ2v) is 3.93. The molecule has 2 rings (SSSR count). The van der Waals surface area contributed by atoms with Gasteiger partial charge in [-0.05, 0) is 18.2 Å². The molecule has 0 saturated heterocycles. The molecular formula is C11H13N5S. The fourth-order valence-corrected chi connectivity index (χ4v) is 1.53. The third-order valence-electron chi connectivity index (χ3n) is 2.24. The summed E-state index contributed by atoms with van der Waals surface area (Å²) in [6.45, 7) is 1.58. The molecule has 6 heteroatoms. The standard InChI is InChI=1S/C11H13N5S/c12-11(17)10-8-9(2-4-14-10)13-5-7-16-6-1-3-15-16/h1-4,6,8H,5,7H2,(H2,12,17)(H,13,14). The molecule has 0 atom stereocenters. The lowest BCUT2D eigenvalue weighted by atomic mass is 10.3. The SMILES string of the molecule is NC(=S)c1cc(NCCn2cccn2)ccn1. The van der Waals surface area contributed by atoms with Gasteiger partial charge in [0.15, 0.2) is 0 Å². The number of pyridine rings is 1. The Morgan fingerprint density at radius 1 is 1.47 bits per heavy atom. The third kappa shape index (κ3) is 3.25. The van der Waals surface area contributed by atoms with E-state index in [4.69, 9.17) is 18.0 Å². The van der Waals surface area contributed by atoms with Gasteiger partial charge in [-0.2, -0.15) is 5.10 Å². The summed E-state index contributed by atoms with van der Waals surface area (Å²) in [6.07, 6.45) is 5.37. The topological polar surface area (TPSA) is 68.8 Å². The average Bonchev–Trinajstić information content (AvgIpc) is 2.82. The second kappa shape index (κ2) is 5.40. The number of hydrogen-bond donors (Lipinski definition) is 2. The third-order valence-corrected chi connectivity index (χ3v) is 2.45. The second-order valence-electron chi connectivity index (χ2n) is 3.49. The summed E-state index contributed by atoms with van der Waals surface area (Å²) < 4.78 is 1.86. The van der Waals surface area contributed by atoms with Crippen molar-refractivity contribution in [3.05, 3.63) is 42.5 Å². The summed E-state index contributed by atoms with van der Waals surface area (Å²) in [5.41, 5.74) is 7.10. The molecule has 0 aliphatic carbocycles. The Bertz CT molecular complexity index is 494. The molecule has 2 heterocycles. The van der Waals surface area contributed by atoms with Gasteiger partial charge in [0.05, 0.1) is 12.2 Å². The zero-order chi connectivity index (χ0) is 12.1. The number of aromatic nitrogens is 3. The van der Waals surface area contributed by atoms with Crippen molar-refractivity contribution in [2.24, 2.45) is 5.73 Å². The molecule has 0 aliphatic rings. The monoisotopic (exact) mass is 247 g/mol. The van der Waals surface area contributed by atoms with Crippen molar-refractivity contribution in [3.8, 4) is 0 Å². The van der Waals surface area contributed by atoms with Crippen molar-refractivity contribution in [1.82, 2.24) is 14.8 Å². The number of anilines is 1. The van der Waals surface area contributed by atoms with Crippen LogP contribution in [-0.2, 0) is 6.54 Å². The van der Waals surface area contributed by atoms with E-state index in [0.717, 1.165) is 18.8 Å². The Morgan fingerprint density at radius 2 is 2.35 bits per heavy atom. The normalized spacial score (nSPS) is 10.1. The maximum absolute atomic E-state index is 5.52. The highest BCUT2D eigenvalue weighted by atomic mass is 32.1. The van der Waals surface area contributed by atoms with Gasteiger partial charge < -0.3 is 11.1 Å². The minimum atomic E-state index is 0.306. The quantitative estimate of drug-likeness (QED) is 0.772. The van der Waals surface area contributed by atoms with Crippen molar-refractivity contribution >= 4 is 22.9 Å². The average molecular weight is 247 g/mol. The van der Waals surface area contributed by atoms with E-state index in [1.807, 2.05) is 29.1 Å². The maximum Gasteiger partial charge on any atom is 0.122 e. The Balaban J connectivity index is 1.90. The van der Waals surface area contributed by atoms with Crippen molar-refractivity contribution in [3.63, 3.8) is 0 Å². The molecule has 0 unspecified atom stereocenters. The highest BCUT2D eigenvalue weighted by Crippen LogP contribution is 2.07. The van der Waals surface area contributed by atoms with E-state index in [-0.39, 0.29) is 0 Å². The molecule has 5 nitrogen and oxygen atoms in total. The van der Waals surface area contributed by atoms with Crippen LogP contribution in [0.1, 0.15) is 5.69 Å². The van der Waals surface area contributed by atoms with Gasteiger partial charge in [0, 0.05) is 30.8 Å². The van der Waals surface area contributed by atoms with Crippen LogP contribution in [0.4, 0.5) is 5.69 Å². The van der Waals surface area contributed by atoms with Gasteiger partial charge in [-0.15, -0.1) is 0 Å². The van der Waals surface area contributed by atoms with Crippen LogP contribution in [0.25, 0.3) is 0 Å². The van der Waals surface area contributed by atoms with Gasteiger partial charge in [0.1, 0.15) is 4.99 Å². The Labute approximate surface area is 105 Å². The van der Waals surface area contributed by atoms with E-state index in [9.17, 15) is 0 Å². The van der Waals surface area contributed by atoms with E-state index in [2.05, 4.69) is 15.4 Å². The number of rotatable bonds is 5. The summed E-state index contributed by atoms with van der Waals surface area (Å²) in [5.74, 6) is 0. The molecule has 2 aromatic heterocycles. The molecule has 17 heavy (non-hydrogen) atoms. The predicted octanol–water partition coefficient (Wildman–Crippen LogP) is 1.02. The lowest BCUT2D eigenvalue weighted by Crippen LogP contribution is -2.14. The van der Waals surface area contributed by atoms with E-state index >= 15 is 0 Å². The molecule has 88 valence electrons. The minimum Gasteiger partial charge on any atom is -0.388 e. The predicted molar refractivity (Wildman–Crippen MR) is 70.8 cm³/mol. The fourth-order valence-electron chi connectivity index (χ4n) is 1.42. The summed E-state index contributed by atoms with van der Waals surface area (Å²) in [7, 11) is 0. The molecule has 3 N–H and O–H groups in total. The van der Waals surface area contributed by atoms with Crippen molar-refractivity contribution in [2.45, 2.75) is 6.54 Å². The van der Waals surface area contributed by atoms with Gasteiger partial charge in [-0.1, -0.05) is 12.2 Å². The minimum absolute atomic E-state index is 0.306. The van der Waals surface area contributed by atoms with Crippen LogP contribution in [-0.4, -0.2) is 26.3 Å². The Kier molecular flexibility index (Phi) is 3.66. The van der Waals surface area contributed by atoms with Crippen LogP contribution < -0.4 is 11.1 Å². The zero-order valence-electron chi connectivity index (χ0n) is 9.21. The summed E-state index contributed by atoms with van der Waals surface area (Å²) in [4.78, 5) is 4.38. The van der Waals surface area contributed by atoms with E-state index in [0.29, 0.717) is 10.7 Å². The number of hydrogen-bond acceptors (Lipinski definition) is 4. The van der Waals surface area contributed by atoms with Crippen molar-refractivity contribution in [1.29, 1.82) is 0 Å². The molecule has 0 fully saturated rings. The van der Waals surface area contributed by atoms with Gasteiger partial charge in [-0.25, -0.2) is 0 Å². The number of nitrogens with two attached hydrogens (primary N) is 1. The molecular weight excluding hydrogens is 234 g/mol. The largest absolute Gasteiger partial charge is 0.388 e. The first kappa shape index (κ1) is 11.5. The summed E-state index contributed by atoms with van der Waals surface area (Å²) in [5, 5.41) is 7.38. The molecule has 0 saturated carbocycles. The number of nitrogens with zero attached hydrogens (tertiary/aromatic N) is 3. The van der Waals surface area contributed by atoms with Crippen LogP contribution in [0.2, 0.25) is 0 Å². The lowest BCUT2D eigenvalue weighted by molar-refractivity contribution is 0.638. The van der Waals surface area contributed by atoms with Gasteiger partial charge in [0.2, 0.25) is 0 Å². The van der Waals surface area contributed by atoms with E-state index in [1.165, 1.54) is 0 Å². The van der Waals surface area contributed by atoms with Crippen LogP contribution in [0.5, 0.6) is 0 Å². The smallest absolute Gasteiger partial charge is 0.122 e. The Hall–Kier alpha value is -1.95. The number of thiocarbonyl (C=S) groups is 1. The first-order valence-corrected chi connectivity index (χ1v) is 5.64. The van der Waals surface area contributed by atoms with E-state index < -0.39 is 0 Å². The van der Waals surface area contributed by atoms with Gasteiger partial charge >= 0.3 is 0 Å². The highest BCUT2D eigenvalue weighted by molar-refractivity contribution is 7.80. The lowest BCUT2D eigenvalue weighted by Gasteiger charge is -2.07. The van der Waals surface area contributed by atoms with Crippen LogP contribution in [0.15, 0.2) is 36.8 Å². The molecule has 0 aromatic carbocycles. The first-order valence-electron chi connectivity index (χ1n) is 5.23. The fraction of sp³-hybridized carbons (Fsp3) is 0.182. The van der Waals surface area contributed by atoms with Crippen LogP contribution >= 0.6 is 12.2 Å². The van der Waals surface area contributed by atoms with Crippen LogP contribution in [0.3, 0.4) is 0 Å². The molecule has 0 spiro atoms. The van der Waals surface area contributed by atoms with Gasteiger partial charge in [0.25, 0.3) is 0 Å².